The van der Waals surface area contributed by atoms with Crippen LogP contribution < -0.4 is 17.0 Å². The van der Waals surface area contributed by atoms with Gasteiger partial charge < -0.3 is 11.2 Å². The van der Waals surface area contributed by atoms with Crippen molar-refractivity contribution < 1.29 is 0 Å². The molecule has 50 valence electrons. The minimum Gasteiger partial charge on any atom is -0.375 e. The molecule has 0 aromatic carbocycles. The first-order chi connectivity index (χ1) is 4.18. The summed E-state index contributed by atoms with van der Waals surface area (Å²) in [6.07, 6.45) is 1.18. The lowest BCUT2D eigenvalue weighted by Gasteiger charge is -1.85. The van der Waals surface area contributed by atoms with E-state index in [1.54, 1.807) is 6.07 Å². The quantitative estimate of drug-likeness (QED) is 0.183. The predicted molar refractivity (Wildman–Crippen MR) is 39.9 cm³/mol. The molecule has 0 bridgehead atoms. The lowest BCUT2D eigenvalue weighted by atomic mass is 10.8. The standard InChI is InChI=1S/C3H3N.CH5N3S/c1-2-3-4;2-1(5)4-3/h2H,1H2;3H2,(H3,2,4,5). The maximum atomic E-state index is 7.51. The number of hydrogen-bond donors (Lipinski definition) is 3. The van der Waals surface area contributed by atoms with Crippen molar-refractivity contribution in [2.45, 2.75) is 0 Å². The smallest absolute Gasteiger partial charge is 0.177 e. The van der Waals surface area contributed by atoms with E-state index in [9.17, 15) is 0 Å². The number of allylic oxidation sites excluding steroid dienone is 1. The van der Waals surface area contributed by atoms with Gasteiger partial charge in [-0.25, -0.2) is 5.84 Å². The molecule has 0 unspecified atom stereocenters. The maximum Gasteiger partial charge on any atom is 0.177 e. The van der Waals surface area contributed by atoms with Gasteiger partial charge in [0.25, 0.3) is 0 Å². The van der Waals surface area contributed by atoms with Crippen LogP contribution in [0, 0.1) is 11.3 Å². The molecule has 0 rings (SSSR count). The van der Waals surface area contributed by atoms with Gasteiger partial charge in [0.1, 0.15) is 0 Å². The fourth-order valence-electron chi connectivity index (χ4n) is 0. The summed E-state index contributed by atoms with van der Waals surface area (Å²) < 4.78 is 0. The molecule has 0 atom stereocenters. The van der Waals surface area contributed by atoms with Crippen molar-refractivity contribution in [1.82, 2.24) is 5.43 Å². The molecule has 0 aliphatic heterocycles. The lowest BCUT2D eigenvalue weighted by Crippen LogP contribution is -2.34. The Kier molecular flexibility index (Phi) is 12.0. The van der Waals surface area contributed by atoms with Crippen molar-refractivity contribution in [3.63, 3.8) is 0 Å². The highest BCUT2D eigenvalue weighted by atomic mass is 32.1. The first-order valence-corrected chi connectivity index (χ1v) is 2.36. The molecule has 5 N–H and O–H groups in total. The molecule has 0 aromatic heterocycles. The van der Waals surface area contributed by atoms with Gasteiger partial charge in [-0.1, -0.05) is 6.58 Å². The van der Waals surface area contributed by atoms with E-state index in [-0.39, 0.29) is 5.11 Å². The van der Waals surface area contributed by atoms with Crippen LogP contribution in [0.3, 0.4) is 0 Å². The average molecular weight is 144 g/mol. The van der Waals surface area contributed by atoms with Crippen LogP contribution in [0.25, 0.3) is 0 Å². The highest BCUT2D eigenvalue weighted by Gasteiger charge is 1.66. The molecule has 0 radical (unpaired) electrons. The van der Waals surface area contributed by atoms with E-state index >= 15 is 0 Å². The summed E-state index contributed by atoms with van der Waals surface area (Å²) in [5.74, 6) is 4.66. The minimum absolute atomic E-state index is 0.116. The van der Waals surface area contributed by atoms with Crippen LogP contribution in [0.4, 0.5) is 0 Å². The zero-order valence-corrected chi connectivity index (χ0v) is 5.61. The van der Waals surface area contributed by atoms with Gasteiger partial charge in [0.05, 0.1) is 6.07 Å². The van der Waals surface area contributed by atoms with Crippen molar-refractivity contribution in [2.24, 2.45) is 11.6 Å². The van der Waals surface area contributed by atoms with Crippen LogP contribution >= 0.6 is 12.2 Å². The van der Waals surface area contributed by atoms with Crippen LogP contribution in [0.2, 0.25) is 0 Å². The number of nitrogens with zero attached hydrogens (tertiary/aromatic N) is 1. The van der Waals surface area contributed by atoms with Crippen LogP contribution in [0.1, 0.15) is 0 Å². The summed E-state index contributed by atoms with van der Waals surface area (Å²) >= 11 is 4.24. The fourth-order valence-corrected chi connectivity index (χ4v) is 0. The molecule has 0 fully saturated rings. The van der Waals surface area contributed by atoms with E-state index in [1.165, 1.54) is 6.08 Å². The van der Waals surface area contributed by atoms with Crippen LogP contribution in [-0.2, 0) is 0 Å². The van der Waals surface area contributed by atoms with Crippen molar-refractivity contribution in [2.75, 3.05) is 0 Å². The van der Waals surface area contributed by atoms with Crippen molar-refractivity contribution >= 4 is 17.3 Å². The van der Waals surface area contributed by atoms with E-state index in [0.717, 1.165) is 0 Å². The molecule has 0 saturated carbocycles. The Morgan fingerprint density at radius 2 is 2.11 bits per heavy atom. The third kappa shape index (κ3) is 46.4. The Morgan fingerprint density at radius 1 is 1.89 bits per heavy atom. The molecule has 4 nitrogen and oxygen atoms in total. The Balaban J connectivity index is 0. The van der Waals surface area contributed by atoms with Gasteiger partial charge >= 0.3 is 0 Å². The van der Waals surface area contributed by atoms with Crippen molar-refractivity contribution in [1.29, 1.82) is 5.26 Å². The summed E-state index contributed by atoms with van der Waals surface area (Å²) in [6.45, 7) is 3.12. The number of hydrazine groups is 1. The second kappa shape index (κ2) is 9.99. The van der Waals surface area contributed by atoms with E-state index in [4.69, 9.17) is 11.0 Å². The Hall–Kier alpha value is -1.12. The lowest BCUT2D eigenvalue weighted by molar-refractivity contribution is 1.03. The zero-order valence-electron chi connectivity index (χ0n) is 4.79. The van der Waals surface area contributed by atoms with Crippen LogP contribution in [-0.4, -0.2) is 5.11 Å². The molecule has 0 aliphatic rings. The molecule has 0 aliphatic carbocycles. The van der Waals surface area contributed by atoms with Crippen molar-refractivity contribution in [3.8, 4) is 6.07 Å². The van der Waals surface area contributed by atoms with E-state index < -0.39 is 0 Å². The van der Waals surface area contributed by atoms with E-state index in [1.807, 2.05) is 5.43 Å². The van der Waals surface area contributed by atoms with Gasteiger partial charge in [-0.2, -0.15) is 5.26 Å². The topological polar surface area (TPSA) is 87.9 Å². The second-order valence-electron chi connectivity index (χ2n) is 0.842. The minimum atomic E-state index is 0.116. The largest absolute Gasteiger partial charge is 0.375 e. The first-order valence-electron chi connectivity index (χ1n) is 1.95. The molecule has 0 amide bonds. The predicted octanol–water partition coefficient (Wildman–Crippen LogP) is -0.611. The highest BCUT2D eigenvalue weighted by molar-refractivity contribution is 7.80. The normalized spacial score (nSPS) is 5.33. The summed E-state index contributed by atoms with van der Waals surface area (Å²) in [5, 5.41) is 7.62. The SMILES string of the molecule is C=CC#N.NNC(N)=S. The molecule has 0 spiro atoms. The summed E-state index contributed by atoms with van der Waals surface area (Å²) in [5.41, 5.74) is 6.82. The Bertz CT molecular complexity index is 125. The van der Waals surface area contributed by atoms with E-state index in [0.29, 0.717) is 0 Å². The fraction of sp³-hybridized carbons (Fsp3) is 0. The summed E-state index contributed by atoms with van der Waals surface area (Å²) in [6, 6.07) is 1.69. The van der Waals surface area contributed by atoms with Gasteiger partial charge in [-0.3, -0.25) is 0 Å². The number of thiocarbonyl (C=S) groups is 1. The van der Waals surface area contributed by atoms with Crippen molar-refractivity contribution in [3.05, 3.63) is 12.7 Å². The molecular weight excluding hydrogens is 136 g/mol. The molecule has 0 heterocycles. The maximum absolute atomic E-state index is 7.51. The third-order valence-corrected chi connectivity index (χ3v) is 0.351. The third-order valence-electron chi connectivity index (χ3n) is 0.234. The highest BCUT2D eigenvalue weighted by Crippen LogP contribution is 1.41. The number of nitrogens with one attached hydrogen (secondary N) is 1. The Morgan fingerprint density at radius 3 is 2.11 bits per heavy atom. The van der Waals surface area contributed by atoms with Gasteiger partial charge in [-0.05, 0) is 12.2 Å². The van der Waals surface area contributed by atoms with Crippen LogP contribution in [0.5, 0.6) is 0 Å². The number of hydrogen-bond acceptors (Lipinski definition) is 3. The molecular formula is C4H8N4S. The molecule has 0 saturated heterocycles. The number of nitriles is 1. The van der Waals surface area contributed by atoms with Gasteiger partial charge in [-0.15, -0.1) is 0 Å². The first kappa shape index (κ1) is 10.8. The van der Waals surface area contributed by atoms with Gasteiger partial charge in [0, 0.05) is 6.08 Å². The summed E-state index contributed by atoms with van der Waals surface area (Å²) in [7, 11) is 0. The van der Waals surface area contributed by atoms with Crippen LogP contribution in [0.15, 0.2) is 12.7 Å². The average Bonchev–Trinajstić information content (AvgIpc) is 1.89. The molecule has 5 heteroatoms. The van der Waals surface area contributed by atoms with Gasteiger partial charge in [0.2, 0.25) is 0 Å². The second-order valence-corrected chi connectivity index (χ2v) is 1.28. The molecule has 9 heavy (non-hydrogen) atoms. The Labute approximate surface area is 59.1 Å². The van der Waals surface area contributed by atoms with E-state index in [2.05, 4.69) is 24.6 Å². The summed E-state index contributed by atoms with van der Waals surface area (Å²) in [4.78, 5) is 0. The number of nitrogens with two attached hydrogens (primary N) is 2. The zero-order chi connectivity index (χ0) is 7.70. The van der Waals surface area contributed by atoms with Gasteiger partial charge in [0.15, 0.2) is 5.11 Å². The molecule has 0 aromatic rings. The monoisotopic (exact) mass is 144 g/mol. The number of rotatable bonds is 0.